The van der Waals surface area contributed by atoms with Crippen molar-refractivity contribution in [1.29, 1.82) is 0 Å². The molecule has 134 valence electrons. The van der Waals surface area contributed by atoms with Crippen molar-refractivity contribution in [2.75, 3.05) is 19.8 Å². The Morgan fingerprint density at radius 3 is 2.69 bits per heavy atom. The third-order valence-corrected chi connectivity index (χ3v) is 5.69. The van der Waals surface area contributed by atoms with E-state index in [1.165, 1.54) is 12.1 Å². The minimum Gasteiger partial charge on any atom is -0.486 e. The van der Waals surface area contributed by atoms with Gasteiger partial charge in [0, 0.05) is 24.2 Å². The van der Waals surface area contributed by atoms with Crippen LogP contribution in [0.25, 0.3) is 10.9 Å². The van der Waals surface area contributed by atoms with Gasteiger partial charge in [-0.05, 0) is 30.2 Å². The molecule has 0 fully saturated rings. The molecule has 2 aromatic carbocycles. The smallest absolute Gasteiger partial charge is 0.240 e. The molecular weight excluding hydrogens is 352 g/mol. The van der Waals surface area contributed by atoms with Gasteiger partial charge in [-0.3, -0.25) is 4.98 Å². The molecule has 0 bridgehead atoms. The van der Waals surface area contributed by atoms with Gasteiger partial charge < -0.3 is 9.47 Å². The minimum absolute atomic E-state index is 0.165. The topological polar surface area (TPSA) is 77.5 Å². The quantitative estimate of drug-likeness (QED) is 0.747. The Labute approximate surface area is 151 Å². The van der Waals surface area contributed by atoms with Crippen LogP contribution in [0.15, 0.2) is 59.6 Å². The number of sulfonamides is 1. The summed E-state index contributed by atoms with van der Waals surface area (Å²) >= 11 is 0. The van der Waals surface area contributed by atoms with Crippen molar-refractivity contribution in [3.8, 4) is 11.5 Å². The van der Waals surface area contributed by atoms with E-state index >= 15 is 0 Å². The van der Waals surface area contributed by atoms with Gasteiger partial charge in [0.2, 0.25) is 10.0 Å². The minimum atomic E-state index is -3.62. The Balaban J connectivity index is 1.48. The number of aromatic nitrogens is 1. The maximum absolute atomic E-state index is 12.5. The second kappa shape index (κ2) is 6.93. The predicted molar refractivity (Wildman–Crippen MR) is 98.1 cm³/mol. The molecule has 0 amide bonds. The lowest BCUT2D eigenvalue weighted by Gasteiger charge is -2.19. The average Bonchev–Trinajstić information content (AvgIpc) is 2.68. The first-order chi connectivity index (χ1) is 12.6. The second-order valence-electron chi connectivity index (χ2n) is 5.95. The third kappa shape index (κ3) is 3.36. The molecule has 1 aliphatic heterocycles. The van der Waals surface area contributed by atoms with Gasteiger partial charge in [-0.1, -0.05) is 24.3 Å². The molecule has 1 aromatic heterocycles. The summed E-state index contributed by atoms with van der Waals surface area (Å²) in [5.41, 5.74) is 1.90. The maximum Gasteiger partial charge on any atom is 0.240 e. The molecule has 2 heterocycles. The number of hydrogen-bond donors (Lipinski definition) is 1. The molecular formula is C19H18N2O4S. The molecule has 0 saturated heterocycles. The van der Waals surface area contributed by atoms with Crippen LogP contribution in [-0.4, -0.2) is 33.2 Å². The molecule has 3 aromatic rings. The number of pyridine rings is 1. The highest BCUT2D eigenvalue weighted by molar-refractivity contribution is 7.89. The average molecular weight is 370 g/mol. The molecule has 0 aliphatic carbocycles. The molecule has 6 nitrogen and oxygen atoms in total. The van der Waals surface area contributed by atoms with Gasteiger partial charge in [0.1, 0.15) is 13.2 Å². The summed E-state index contributed by atoms with van der Waals surface area (Å²) in [5, 5.41) is 1.04. The molecule has 26 heavy (non-hydrogen) atoms. The van der Waals surface area contributed by atoms with Crippen molar-refractivity contribution in [3.63, 3.8) is 0 Å². The fourth-order valence-electron chi connectivity index (χ4n) is 2.96. The van der Waals surface area contributed by atoms with E-state index in [0.29, 0.717) is 31.1 Å². The van der Waals surface area contributed by atoms with Crippen LogP contribution in [0.1, 0.15) is 5.56 Å². The zero-order chi connectivity index (χ0) is 18.0. The Hall–Kier alpha value is -2.64. The van der Waals surface area contributed by atoms with E-state index in [-0.39, 0.29) is 11.4 Å². The summed E-state index contributed by atoms with van der Waals surface area (Å²) in [7, 11) is -3.62. The van der Waals surface area contributed by atoms with Crippen LogP contribution in [0.5, 0.6) is 11.5 Å². The highest BCUT2D eigenvalue weighted by Gasteiger charge is 2.19. The van der Waals surface area contributed by atoms with Crippen LogP contribution in [0.4, 0.5) is 0 Å². The number of nitrogens with zero attached hydrogens (tertiary/aromatic N) is 1. The van der Waals surface area contributed by atoms with E-state index in [9.17, 15) is 8.42 Å². The highest BCUT2D eigenvalue weighted by Crippen LogP contribution is 2.32. The largest absolute Gasteiger partial charge is 0.486 e. The van der Waals surface area contributed by atoms with E-state index in [1.807, 2.05) is 30.3 Å². The SMILES string of the molecule is O=S(=O)(NCCc1cccc2cccnc12)c1ccc2c(c1)OCCO2. The van der Waals surface area contributed by atoms with Gasteiger partial charge in [-0.2, -0.15) is 0 Å². The van der Waals surface area contributed by atoms with Crippen molar-refractivity contribution < 1.29 is 17.9 Å². The Morgan fingerprint density at radius 1 is 1.00 bits per heavy atom. The highest BCUT2D eigenvalue weighted by atomic mass is 32.2. The summed E-state index contributed by atoms with van der Waals surface area (Å²) in [6.07, 6.45) is 2.29. The maximum atomic E-state index is 12.5. The summed E-state index contributed by atoms with van der Waals surface area (Å²) in [4.78, 5) is 4.56. The molecule has 0 spiro atoms. The van der Waals surface area contributed by atoms with Crippen molar-refractivity contribution in [2.24, 2.45) is 0 Å². The third-order valence-electron chi connectivity index (χ3n) is 4.23. The van der Waals surface area contributed by atoms with E-state index in [4.69, 9.17) is 9.47 Å². The first-order valence-electron chi connectivity index (χ1n) is 8.35. The van der Waals surface area contributed by atoms with Gasteiger partial charge in [0.15, 0.2) is 11.5 Å². The van der Waals surface area contributed by atoms with E-state index in [1.54, 1.807) is 12.3 Å². The van der Waals surface area contributed by atoms with Crippen LogP contribution in [-0.2, 0) is 16.4 Å². The number of fused-ring (bicyclic) bond motifs is 2. The number of ether oxygens (including phenoxy) is 2. The van der Waals surface area contributed by atoms with Gasteiger partial charge >= 0.3 is 0 Å². The number of rotatable bonds is 5. The number of benzene rings is 2. The second-order valence-corrected chi connectivity index (χ2v) is 7.71. The summed E-state index contributed by atoms with van der Waals surface area (Å²) in [6, 6.07) is 14.4. The van der Waals surface area contributed by atoms with E-state index in [0.717, 1.165) is 16.5 Å². The lowest BCUT2D eigenvalue weighted by Crippen LogP contribution is -2.26. The molecule has 0 saturated carbocycles. The zero-order valence-corrected chi connectivity index (χ0v) is 14.8. The van der Waals surface area contributed by atoms with Gasteiger partial charge in [-0.25, -0.2) is 13.1 Å². The fourth-order valence-corrected chi connectivity index (χ4v) is 4.01. The predicted octanol–water partition coefficient (Wildman–Crippen LogP) is 2.53. The van der Waals surface area contributed by atoms with Crippen LogP contribution in [0.2, 0.25) is 0 Å². The summed E-state index contributed by atoms with van der Waals surface area (Å²) in [5.74, 6) is 1.02. The molecule has 7 heteroatoms. The van der Waals surface area contributed by atoms with Gasteiger partial charge in [0.25, 0.3) is 0 Å². The van der Waals surface area contributed by atoms with Gasteiger partial charge in [-0.15, -0.1) is 0 Å². The van der Waals surface area contributed by atoms with Crippen LogP contribution < -0.4 is 14.2 Å². The number of hydrogen-bond acceptors (Lipinski definition) is 5. The Kier molecular flexibility index (Phi) is 4.48. The van der Waals surface area contributed by atoms with Crippen LogP contribution >= 0.6 is 0 Å². The molecule has 0 radical (unpaired) electrons. The summed E-state index contributed by atoms with van der Waals surface area (Å²) in [6.45, 7) is 1.17. The first kappa shape index (κ1) is 16.8. The molecule has 1 aliphatic rings. The van der Waals surface area contributed by atoms with Crippen molar-refractivity contribution in [1.82, 2.24) is 9.71 Å². The van der Waals surface area contributed by atoms with Crippen molar-refractivity contribution >= 4 is 20.9 Å². The number of nitrogens with one attached hydrogen (secondary N) is 1. The van der Waals surface area contributed by atoms with Crippen LogP contribution in [0.3, 0.4) is 0 Å². The molecule has 4 rings (SSSR count). The number of para-hydroxylation sites is 1. The van der Waals surface area contributed by atoms with Crippen molar-refractivity contribution in [3.05, 3.63) is 60.3 Å². The van der Waals surface area contributed by atoms with E-state index < -0.39 is 10.0 Å². The lowest BCUT2D eigenvalue weighted by atomic mass is 10.1. The molecule has 1 N–H and O–H groups in total. The Bertz CT molecular complexity index is 1050. The molecule has 0 unspecified atom stereocenters. The monoisotopic (exact) mass is 370 g/mol. The van der Waals surface area contributed by atoms with E-state index in [2.05, 4.69) is 9.71 Å². The molecule has 0 atom stereocenters. The van der Waals surface area contributed by atoms with Crippen LogP contribution in [0, 0.1) is 0 Å². The summed E-state index contributed by atoms with van der Waals surface area (Å²) < 4.78 is 38.6. The fraction of sp³-hybridized carbons (Fsp3) is 0.211. The zero-order valence-electron chi connectivity index (χ0n) is 14.0. The standard InChI is InChI=1S/C19H18N2O4S/c22-26(23,16-6-7-17-18(13-16)25-12-11-24-17)21-10-8-15-4-1-3-14-5-2-9-20-19(14)15/h1-7,9,13,21H,8,10-12H2. The van der Waals surface area contributed by atoms with Crippen molar-refractivity contribution in [2.45, 2.75) is 11.3 Å². The Morgan fingerprint density at radius 2 is 1.81 bits per heavy atom. The first-order valence-corrected chi connectivity index (χ1v) is 9.84. The normalized spacial score (nSPS) is 13.7. The van der Waals surface area contributed by atoms with Gasteiger partial charge in [0.05, 0.1) is 10.4 Å². The lowest BCUT2D eigenvalue weighted by molar-refractivity contribution is 0.171.